The van der Waals surface area contributed by atoms with Gasteiger partial charge in [0.1, 0.15) is 12.1 Å². The summed E-state index contributed by atoms with van der Waals surface area (Å²) in [6.07, 6.45) is -0.658. The van der Waals surface area contributed by atoms with Gasteiger partial charge < -0.3 is 31.7 Å². The van der Waals surface area contributed by atoms with E-state index in [9.17, 15) is 24.0 Å². The van der Waals surface area contributed by atoms with Crippen LogP contribution in [0.15, 0.2) is 0 Å². The van der Waals surface area contributed by atoms with Crippen molar-refractivity contribution in [2.75, 3.05) is 0 Å². The molecule has 0 spiro atoms. The van der Waals surface area contributed by atoms with Gasteiger partial charge in [-0.15, -0.1) is 0 Å². The Morgan fingerprint density at radius 1 is 0.792 bits per heavy atom. The molecule has 11 heteroatoms. The molecule has 0 aliphatic heterocycles. The average molecular weight is 347 g/mol. The standard InChI is InChI=1S/C13H21N3O8/c1-5(9(14)17)3-7(11(20)21)15-13(24)16-8(12(22)23)4-6(2)10(18)19/h5-8H,3-4H2,1-2H3,(H2,14,17)(H,18,19)(H,20,21)(H,22,23)(H2,15,16,24). The van der Waals surface area contributed by atoms with Gasteiger partial charge in [-0.25, -0.2) is 14.4 Å². The first kappa shape index (κ1) is 21.1. The summed E-state index contributed by atoms with van der Waals surface area (Å²) in [5.74, 6) is -6.73. The topological polar surface area (TPSA) is 196 Å². The molecule has 0 saturated carbocycles. The van der Waals surface area contributed by atoms with Crippen LogP contribution < -0.4 is 16.4 Å². The number of nitrogens with two attached hydrogens (primary N) is 1. The van der Waals surface area contributed by atoms with E-state index in [2.05, 4.69) is 0 Å². The molecule has 136 valence electrons. The molecule has 7 N–H and O–H groups in total. The van der Waals surface area contributed by atoms with Crippen LogP contribution in [0.4, 0.5) is 4.79 Å². The van der Waals surface area contributed by atoms with Crippen LogP contribution in [0.5, 0.6) is 0 Å². The Hall–Kier alpha value is -2.85. The third kappa shape index (κ3) is 7.42. The summed E-state index contributed by atoms with van der Waals surface area (Å²) in [7, 11) is 0. The van der Waals surface area contributed by atoms with Gasteiger partial charge in [0.2, 0.25) is 5.91 Å². The summed E-state index contributed by atoms with van der Waals surface area (Å²) in [6.45, 7) is 2.65. The quantitative estimate of drug-likeness (QED) is 0.283. The van der Waals surface area contributed by atoms with E-state index in [1.165, 1.54) is 13.8 Å². The molecule has 4 unspecified atom stereocenters. The minimum Gasteiger partial charge on any atom is -0.481 e. The summed E-state index contributed by atoms with van der Waals surface area (Å²) in [5, 5.41) is 30.8. The highest BCUT2D eigenvalue weighted by molar-refractivity contribution is 5.87. The molecule has 24 heavy (non-hydrogen) atoms. The fourth-order valence-corrected chi connectivity index (χ4v) is 1.73. The minimum absolute atomic E-state index is 0.276. The van der Waals surface area contributed by atoms with Gasteiger partial charge in [-0.3, -0.25) is 9.59 Å². The average Bonchev–Trinajstić information content (AvgIpc) is 2.44. The van der Waals surface area contributed by atoms with Gasteiger partial charge in [-0.2, -0.15) is 0 Å². The molecule has 0 bridgehead atoms. The maximum Gasteiger partial charge on any atom is 0.326 e. The van der Waals surface area contributed by atoms with E-state index in [1.807, 2.05) is 10.6 Å². The number of carbonyl (C=O) groups is 5. The van der Waals surface area contributed by atoms with Crippen molar-refractivity contribution in [3.8, 4) is 0 Å². The Balaban J connectivity index is 4.84. The van der Waals surface area contributed by atoms with Crippen LogP contribution in [0.1, 0.15) is 26.7 Å². The monoisotopic (exact) mass is 347 g/mol. The highest BCUT2D eigenvalue weighted by Gasteiger charge is 2.29. The molecular weight excluding hydrogens is 326 g/mol. The number of hydrogen-bond donors (Lipinski definition) is 6. The van der Waals surface area contributed by atoms with Crippen molar-refractivity contribution in [3.05, 3.63) is 0 Å². The third-order valence-corrected chi connectivity index (χ3v) is 3.29. The second-order valence-electron chi connectivity index (χ2n) is 5.41. The van der Waals surface area contributed by atoms with Gasteiger partial charge in [0, 0.05) is 5.92 Å². The van der Waals surface area contributed by atoms with E-state index in [-0.39, 0.29) is 12.8 Å². The first-order chi connectivity index (χ1) is 11.0. The van der Waals surface area contributed by atoms with Crippen molar-refractivity contribution in [2.45, 2.75) is 38.8 Å². The lowest BCUT2D eigenvalue weighted by Crippen LogP contribution is -2.52. The number of aliphatic carboxylic acids is 3. The number of nitrogens with one attached hydrogen (secondary N) is 2. The Kier molecular flexibility index (Phi) is 8.22. The number of rotatable bonds is 10. The molecule has 0 rings (SSSR count). The van der Waals surface area contributed by atoms with Gasteiger partial charge in [0.15, 0.2) is 0 Å². The first-order valence-corrected chi connectivity index (χ1v) is 7.00. The number of hydrogen-bond acceptors (Lipinski definition) is 5. The molecule has 0 saturated heterocycles. The highest BCUT2D eigenvalue weighted by atomic mass is 16.4. The molecule has 0 aliphatic carbocycles. The molecule has 0 heterocycles. The lowest BCUT2D eigenvalue weighted by molar-refractivity contribution is -0.143. The largest absolute Gasteiger partial charge is 0.481 e. The summed E-state index contributed by atoms with van der Waals surface area (Å²) >= 11 is 0. The van der Waals surface area contributed by atoms with Crippen molar-refractivity contribution in [1.29, 1.82) is 0 Å². The van der Waals surface area contributed by atoms with Crippen LogP contribution in [0, 0.1) is 11.8 Å². The zero-order valence-electron chi connectivity index (χ0n) is 13.2. The van der Waals surface area contributed by atoms with E-state index >= 15 is 0 Å². The molecule has 0 radical (unpaired) electrons. The summed E-state index contributed by atoms with van der Waals surface area (Å²) < 4.78 is 0. The van der Waals surface area contributed by atoms with Crippen LogP contribution in [-0.4, -0.2) is 57.2 Å². The van der Waals surface area contributed by atoms with Crippen LogP contribution in [0.2, 0.25) is 0 Å². The van der Waals surface area contributed by atoms with Gasteiger partial charge in [-0.05, 0) is 12.8 Å². The summed E-state index contributed by atoms with van der Waals surface area (Å²) in [4.78, 5) is 55.6. The first-order valence-electron chi connectivity index (χ1n) is 7.00. The van der Waals surface area contributed by atoms with Crippen LogP contribution in [-0.2, 0) is 19.2 Å². The Bertz CT molecular complexity index is 477. The summed E-state index contributed by atoms with van der Waals surface area (Å²) in [5.41, 5.74) is 5.03. The molecule has 4 atom stereocenters. The zero-order valence-corrected chi connectivity index (χ0v) is 13.2. The van der Waals surface area contributed by atoms with Crippen molar-refractivity contribution >= 4 is 29.8 Å². The fourth-order valence-electron chi connectivity index (χ4n) is 1.73. The SMILES string of the molecule is CC(CC(NC(=O)NC(CC(C)C(=O)O)C(=O)O)C(=O)O)C(N)=O. The van der Waals surface area contributed by atoms with E-state index in [0.717, 1.165) is 0 Å². The molecule has 0 aromatic carbocycles. The fraction of sp³-hybridized carbons (Fsp3) is 0.615. The van der Waals surface area contributed by atoms with Crippen molar-refractivity contribution in [2.24, 2.45) is 17.6 Å². The van der Waals surface area contributed by atoms with E-state index < -0.39 is 53.8 Å². The second-order valence-corrected chi connectivity index (χ2v) is 5.41. The van der Waals surface area contributed by atoms with Gasteiger partial charge in [-0.1, -0.05) is 13.8 Å². The number of carboxylic acids is 3. The van der Waals surface area contributed by atoms with Crippen molar-refractivity contribution in [1.82, 2.24) is 10.6 Å². The number of carbonyl (C=O) groups excluding carboxylic acids is 2. The zero-order chi connectivity index (χ0) is 19.0. The number of primary amides is 1. The maximum atomic E-state index is 11.8. The molecule has 0 aliphatic rings. The number of urea groups is 1. The Morgan fingerprint density at radius 3 is 1.46 bits per heavy atom. The van der Waals surface area contributed by atoms with E-state index in [4.69, 9.17) is 21.1 Å². The molecule has 3 amide bonds. The summed E-state index contributed by atoms with van der Waals surface area (Å²) in [6, 6.07) is -4.08. The maximum absolute atomic E-state index is 11.8. The second kappa shape index (κ2) is 9.33. The lowest BCUT2D eigenvalue weighted by Gasteiger charge is -2.20. The van der Waals surface area contributed by atoms with Crippen LogP contribution in [0.3, 0.4) is 0 Å². The molecule has 0 fully saturated rings. The number of amides is 3. The highest BCUT2D eigenvalue weighted by Crippen LogP contribution is 2.08. The van der Waals surface area contributed by atoms with Crippen LogP contribution >= 0.6 is 0 Å². The normalized spacial score (nSPS) is 15.4. The van der Waals surface area contributed by atoms with Crippen molar-refractivity contribution in [3.63, 3.8) is 0 Å². The molecule has 0 aromatic heterocycles. The number of carboxylic acid groups (broad SMARTS) is 3. The minimum atomic E-state index is -1.51. The van der Waals surface area contributed by atoms with E-state index in [1.54, 1.807) is 0 Å². The smallest absolute Gasteiger partial charge is 0.326 e. The van der Waals surface area contributed by atoms with Crippen molar-refractivity contribution < 1.29 is 39.3 Å². The Labute approximate surface area is 137 Å². The Morgan fingerprint density at radius 2 is 1.17 bits per heavy atom. The predicted octanol–water partition coefficient (Wildman–Crippen LogP) is -1.19. The third-order valence-electron chi connectivity index (χ3n) is 3.29. The molecular formula is C13H21N3O8. The lowest BCUT2D eigenvalue weighted by atomic mass is 10.0. The van der Waals surface area contributed by atoms with E-state index in [0.29, 0.717) is 0 Å². The van der Waals surface area contributed by atoms with Gasteiger partial charge >= 0.3 is 23.9 Å². The predicted molar refractivity (Wildman–Crippen MR) is 78.9 cm³/mol. The molecule has 0 aromatic rings. The van der Waals surface area contributed by atoms with Crippen LogP contribution in [0.25, 0.3) is 0 Å². The molecule has 11 nitrogen and oxygen atoms in total. The van der Waals surface area contributed by atoms with Gasteiger partial charge in [0.05, 0.1) is 5.92 Å². The van der Waals surface area contributed by atoms with Gasteiger partial charge in [0.25, 0.3) is 0 Å².